The van der Waals surface area contributed by atoms with Crippen molar-refractivity contribution in [3.63, 3.8) is 0 Å². The van der Waals surface area contributed by atoms with E-state index in [-0.39, 0.29) is 43.2 Å². The first kappa shape index (κ1) is 36.1. The Bertz CT molecular complexity index is 1280. The zero-order chi connectivity index (χ0) is 33.5. The van der Waals surface area contributed by atoms with Crippen LogP contribution in [0.15, 0.2) is 36.4 Å². The molecule has 1 aliphatic rings. The van der Waals surface area contributed by atoms with Crippen molar-refractivity contribution >= 4 is 53.6 Å². The highest BCUT2D eigenvalue weighted by Crippen LogP contribution is 2.12. The van der Waals surface area contributed by atoms with Crippen molar-refractivity contribution in [3.8, 4) is 0 Å². The Morgan fingerprint density at radius 1 is 0.889 bits per heavy atom. The van der Waals surface area contributed by atoms with Crippen molar-refractivity contribution in [1.82, 2.24) is 20.9 Å². The third-order valence-corrected chi connectivity index (χ3v) is 6.66. The summed E-state index contributed by atoms with van der Waals surface area (Å²) >= 11 is 0. The number of benzene rings is 1. The minimum absolute atomic E-state index is 0.155. The quantitative estimate of drug-likeness (QED) is 0.0882. The van der Waals surface area contributed by atoms with Gasteiger partial charge in [0.2, 0.25) is 17.7 Å². The molecule has 0 bridgehead atoms. The lowest BCUT2D eigenvalue weighted by Crippen LogP contribution is -2.53. The molecule has 1 aliphatic heterocycles. The number of carbonyl (C=O) groups excluding carboxylic acids is 7. The van der Waals surface area contributed by atoms with Crippen LogP contribution in [0.2, 0.25) is 0 Å². The summed E-state index contributed by atoms with van der Waals surface area (Å²) < 4.78 is 4.98. The van der Waals surface area contributed by atoms with Gasteiger partial charge in [-0.1, -0.05) is 32.4 Å². The number of carboxylic acids is 1. The van der Waals surface area contributed by atoms with Gasteiger partial charge in [0, 0.05) is 30.8 Å². The van der Waals surface area contributed by atoms with Gasteiger partial charge >= 0.3 is 12.1 Å². The minimum Gasteiger partial charge on any atom is -0.481 e. The van der Waals surface area contributed by atoms with Crippen LogP contribution in [0.4, 0.5) is 10.5 Å². The minimum atomic E-state index is -1.25. The van der Waals surface area contributed by atoms with Gasteiger partial charge < -0.3 is 35.9 Å². The summed E-state index contributed by atoms with van der Waals surface area (Å²) in [5.41, 5.74) is 0.954. The van der Waals surface area contributed by atoms with Crippen molar-refractivity contribution in [3.05, 3.63) is 42.0 Å². The Hall–Kier alpha value is -5.08. The number of ether oxygens (including phenoxy) is 1. The molecule has 0 saturated heterocycles. The average molecular weight is 630 g/mol. The Balaban J connectivity index is 1.75. The molecule has 0 aliphatic carbocycles. The fourth-order valence-electron chi connectivity index (χ4n) is 4.13. The molecule has 244 valence electrons. The van der Waals surface area contributed by atoms with Crippen LogP contribution < -0.4 is 21.3 Å². The highest BCUT2D eigenvalue weighted by molar-refractivity contribution is 6.12. The summed E-state index contributed by atoms with van der Waals surface area (Å²) in [6.45, 7) is 5.13. The highest BCUT2D eigenvalue weighted by Gasteiger charge is 2.27. The molecule has 5 N–H and O–H groups in total. The van der Waals surface area contributed by atoms with E-state index in [4.69, 9.17) is 9.84 Å². The molecule has 15 nitrogen and oxygen atoms in total. The molecule has 6 amide bonds. The van der Waals surface area contributed by atoms with Gasteiger partial charge in [-0.2, -0.15) is 0 Å². The number of aliphatic carboxylic acids is 1. The van der Waals surface area contributed by atoms with Crippen molar-refractivity contribution in [2.24, 2.45) is 5.92 Å². The van der Waals surface area contributed by atoms with Crippen molar-refractivity contribution < 1.29 is 48.2 Å². The van der Waals surface area contributed by atoms with E-state index in [0.717, 1.165) is 4.90 Å². The lowest BCUT2D eigenvalue weighted by Gasteiger charge is -2.24. The van der Waals surface area contributed by atoms with Crippen LogP contribution in [-0.2, 0) is 44.9 Å². The standard InChI is InChI=1S/C30H39N5O10/c1-18(2)27(34-23(37)7-5-4-6-14-35-24(38)12-13-25(35)39)29(43)31-19(3)28(42)32-21-10-8-20(9-11-21)17-45-30(44)33-22(16-36)15-26(40)41/h8-13,16,18-19,22,27H,4-7,14-15,17H2,1-3H3,(H,31,43)(H,32,42)(H,33,44)(H,34,37)(H,40,41)/t19-,22?,27-/m0/s1. The van der Waals surface area contributed by atoms with E-state index in [1.165, 1.54) is 19.1 Å². The normalized spacial score (nSPS) is 14.4. The highest BCUT2D eigenvalue weighted by atomic mass is 16.5. The monoisotopic (exact) mass is 629 g/mol. The van der Waals surface area contributed by atoms with E-state index in [1.54, 1.807) is 38.1 Å². The van der Waals surface area contributed by atoms with Crippen LogP contribution in [0.1, 0.15) is 58.4 Å². The summed E-state index contributed by atoms with van der Waals surface area (Å²) in [6, 6.07) is 3.23. The van der Waals surface area contributed by atoms with Gasteiger partial charge in [-0.05, 0) is 43.4 Å². The number of hydrogen-bond donors (Lipinski definition) is 5. The predicted molar refractivity (Wildman–Crippen MR) is 159 cm³/mol. The van der Waals surface area contributed by atoms with Gasteiger partial charge in [-0.3, -0.25) is 33.7 Å². The molecular formula is C30H39N5O10. The van der Waals surface area contributed by atoms with Crippen LogP contribution in [0.5, 0.6) is 0 Å². The molecule has 2 rings (SSSR count). The van der Waals surface area contributed by atoms with Gasteiger partial charge in [0.15, 0.2) is 0 Å². The number of aldehydes is 1. The van der Waals surface area contributed by atoms with E-state index >= 15 is 0 Å². The Labute approximate surface area is 260 Å². The molecule has 0 radical (unpaired) electrons. The Kier molecular flexibility index (Phi) is 14.4. The third kappa shape index (κ3) is 12.6. The molecule has 15 heteroatoms. The van der Waals surface area contributed by atoms with Crippen LogP contribution in [0, 0.1) is 5.92 Å². The molecule has 1 unspecified atom stereocenters. The number of amides is 6. The van der Waals surface area contributed by atoms with Crippen molar-refractivity contribution in [2.45, 2.75) is 77.6 Å². The summed E-state index contributed by atoms with van der Waals surface area (Å²) in [6.07, 6.45) is 3.03. The van der Waals surface area contributed by atoms with E-state index in [9.17, 15) is 38.4 Å². The van der Waals surface area contributed by atoms with Crippen LogP contribution >= 0.6 is 0 Å². The Morgan fingerprint density at radius 2 is 1.53 bits per heavy atom. The smallest absolute Gasteiger partial charge is 0.408 e. The number of nitrogens with one attached hydrogen (secondary N) is 4. The van der Waals surface area contributed by atoms with Crippen molar-refractivity contribution in [1.29, 1.82) is 0 Å². The SMILES string of the molecule is CC(C)[C@H](NC(=O)CCCCCN1C(=O)C=CC1=O)C(=O)N[C@@H](C)C(=O)Nc1ccc(COC(=O)NC(C=O)CC(=O)O)cc1. The number of alkyl carbamates (subject to hydrolysis) is 1. The van der Waals surface area contributed by atoms with Gasteiger partial charge in [-0.15, -0.1) is 0 Å². The molecule has 1 aromatic rings. The number of unbranched alkanes of at least 4 members (excludes halogenated alkanes) is 2. The van der Waals surface area contributed by atoms with Crippen LogP contribution in [0.3, 0.4) is 0 Å². The number of carboxylic acid groups (broad SMARTS) is 1. The summed E-state index contributed by atoms with van der Waals surface area (Å²) in [7, 11) is 0. The van der Waals surface area contributed by atoms with Crippen LogP contribution in [-0.4, -0.2) is 82.6 Å². The number of imide groups is 1. The molecule has 45 heavy (non-hydrogen) atoms. The van der Waals surface area contributed by atoms with Gasteiger partial charge in [-0.25, -0.2) is 4.79 Å². The second kappa shape index (κ2) is 17.9. The number of carbonyl (C=O) groups is 8. The van der Waals surface area contributed by atoms with Gasteiger partial charge in [0.1, 0.15) is 25.0 Å². The molecule has 3 atom stereocenters. The molecule has 1 heterocycles. The number of rotatable bonds is 18. The molecule has 0 fully saturated rings. The topological polar surface area (TPSA) is 217 Å². The lowest BCUT2D eigenvalue weighted by atomic mass is 10.0. The predicted octanol–water partition coefficient (Wildman–Crippen LogP) is 1.02. The summed E-state index contributed by atoms with van der Waals surface area (Å²) in [4.78, 5) is 95.7. The second-order valence-electron chi connectivity index (χ2n) is 10.7. The van der Waals surface area contributed by atoms with Gasteiger partial charge in [0.05, 0.1) is 12.5 Å². The maximum absolute atomic E-state index is 12.9. The first-order valence-electron chi connectivity index (χ1n) is 14.4. The number of anilines is 1. The maximum atomic E-state index is 12.9. The number of hydrogen-bond acceptors (Lipinski definition) is 9. The molecule has 1 aromatic carbocycles. The van der Waals surface area contributed by atoms with Crippen molar-refractivity contribution in [2.75, 3.05) is 11.9 Å². The third-order valence-electron chi connectivity index (χ3n) is 6.66. The average Bonchev–Trinajstić information content (AvgIpc) is 3.30. The first-order valence-corrected chi connectivity index (χ1v) is 14.4. The second-order valence-corrected chi connectivity index (χ2v) is 10.7. The van der Waals surface area contributed by atoms with E-state index < -0.39 is 48.4 Å². The molecule has 0 aromatic heterocycles. The number of nitrogens with zero attached hydrogens (tertiary/aromatic N) is 1. The zero-order valence-corrected chi connectivity index (χ0v) is 25.4. The zero-order valence-electron chi connectivity index (χ0n) is 25.4. The van der Waals surface area contributed by atoms with E-state index in [2.05, 4.69) is 21.3 Å². The summed E-state index contributed by atoms with van der Waals surface area (Å²) in [5, 5.41) is 18.8. The largest absolute Gasteiger partial charge is 0.481 e. The lowest BCUT2D eigenvalue weighted by molar-refractivity contribution is -0.138. The first-order chi connectivity index (χ1) is 21.3. The Morgan fingerprint density at radius 3 is 2.11 bits per heavy atom. The molecule has 0 spiro atoms. The maximum Gasteiger partial charge on any atom is 0.408 e. The van der Waals surface area contributed by atoms with E-state index in [1.807, 2.05) is 0 Å². The fraction of sp³-hybridized carbons (Fsp3) is 0.467. The molecule has 0 saturated carbocycles. The van der Waals surface area contributed by atoms with E-state index in [0.29, 0.717) is 36.8 Å². The summed E-state index contributed by atoms with van der Waals surface area (Å²) in [5.74, 6) is -3.57. The van der Waals surface area contributed by atoms with Gasteiger partial charge in [0.25, 0.3) is 11.8 Å². The van der Waals surface area contributed by atoms with Crippen LogP contribution in [0.25, 0.3) is 0 Å². The molecular weight excluding hydrogens is 590 g/mol. The fourth-order valence-corrected chi connectivity index (χ4v) is 4.13.